The van der Waals surface area contributed by atoms with E-state index in [0.717, 1.165) is 0 Å². The second-order valence-electron chi connectivity index (χ2n) is 8.19. The van der Waals surface area contributed by atoms with Crippen molar-refractivity contribution in [3.05, 3.63) is 47.8 Å². The number of nitrogens with zero attached hydrogens (tertiary/aromatic N) is 4. The predicted octanol–water partition coefficient (Wildman–Crippen LogP) is 3.24. The summed E-state index contributed by atoms with van der Waals surface area (Å²) in [5, 5.41) is 7.72. The molecule has 0 aliphatic carbocycles. The Morgan fingerprint density at radius 2 is 2.03 bits per heavy atom. The van der Waals surface area contributed by atoms with E-state index in [-0.39, 0.29) is 24.4 Å². The van der Waals surface area contributed by atoms with Crippen molar-refractivity contribution in [1.82, 2.24) is 14.8 Å². The first-order valence-corrected chi connectivity index (χ1v) is 10.5. The zero-order valence-corrected chi connectivity index (χ0v) is 18.5. The molecule has 32 heavy (non-hydrogen) atoms. The zero-order chi connectivity index (χ0) is 23.0. The summed E-state index contributed by atoms with van der Waals surface area (Å²) >= 11 is 0. The highest BCUT2D eigenvalue weighted by atomic mass is 16.5. The molecule has 0 saturated heterocycles. The highest BCUT2D eigenvalue weighted by Crippen LogP contribution is 2.31. The molecule has 2 amide bonds. The summed E-state index contributed by atoms with van der Waals surface area (Å²) in [6.07, 6.45) is 1.73. The molecule has 0 saturated carbocycles. The highest BCUT2D eigenvalue weighted by Gasteiger charge is 2.30. The second kappa shape index (κ2) is 8.41. The minimum absolute atomic E-state index is 0.0770. The predicted molar refractivity (Wildman–Crippen MR) is 120 cm³/mol. The number of carbonyl (C=O) groups is 3. The number of hydrogen-bond donors (Lipinski definition) is 1. The van der Waals surface area contributed by atoms with E-state index in [1.54, 1.807) is 55.1 Å². The zero-order valence-electron chi connectivity index (χ0n) is 18.5. The number of aromatic nitrogens is 3. The molecule has 0 bridgehead atoms. The van der Waals surface area contributed by atoms with Gasteiger partial charge in [-0.25, -0.2) is 14.5 Å². The average molecular weight is 435 g/mol. The Morgan fingerprint density at radius 1 is 1.28 bits per heavy atom. The van der Waals surface area contributed by atoms with Crippen LogP contribution in [0, 0.1) is 6.92 Å². The average Bonchev–Trinajstić information content (AvgIpc) is 3.11. The molecule has 0 radical (unpaired) electrons. The third-order valence-electron chi connectivity index (χ3n) is 5.36. The van der Waals surface area contributed by atoms with Crippen molar-refractivity contribution in [2.75, 3.05) is 16.8 Å². The molecular formula is C23H25N5O4. The number of para-hydroxylation sites is 2. The molecule has 1 unspecified atom stereocenters. The Hall–Kier alpha value is -3.75. The first-order valence-electron chi connectivity index (χ1n) is 10.5. The summed E-state index contributed by atoms with van der Waals surface area (Å²) < 4.78 is 7.15. The molecule has 2 aromatic heterocycles. The number of nitrogens with one attached hydrogen (secondary N) is 1. The monoisotopic (exact) mass is 435 g/mol. The number of hydrogen-bond acceptors (Lipinski definition) is 6. The summed E-state index contributed by atoms with van der Waals surface area (Å²) in [7, 11) is 0. The van der Waals surface area contributed by atoms with E-state index >= 15 is 0 Å². The fourth-order valence-corrected chi connectivity index (χ4v) is 3.93. The van der Waals surface area contributed by atoms with E-state index in [0.29, 0.717) is 33.7 Å². The van der Waals surface area contributed by atoms with Crippen LogP contribution in [0.15, 0.2) is 36.5 Å². The van der Waals surface area contributed by atoms with Crippen LogP contribution >= 0.6 is 0 Å². The van der Waals surface area contributed by atoms with E-state index in [2.05, 4.69) is 15.4 Å². The van der Waals surface area contributed by atoms with E-state index in [1.165, 1.54) is 4.90 Å². The molecule has 1 aromatic carbocycles. The Morgan fingerprint density at radius 3 is 2.78 bits per heavy atom. The van der Waals surface area contributed by atoms with Crippen molar-refractivity contribution in [2.24, 2.45) is 0 Å². The number of carbonyl (C=O) groups excluding carboxylic acids is 3. The number of rotatable bonds is 4. The fraction of sp³-hybridized carbons (Fsp3) is 0.348. The Balaban J connectivity index is 1.57. The van der Waals surface area contributed by atoms with Gasteiger partial charge in [0.1, 0.15) is 0 Å². The number of amides is 2. The minimum Gasteiger partial charge on any atom is -0.452 e. The van der Waals surface area contributed by atoms with Crippen molar-refractivity contribution >= 4 is 40.2 Å². The van der Waals surface area contributed by atoms with Gasteiger partial charge in [-0.3, -0.25) is 9.59 Å². The van der Waals surface area contributed by atoms with Gasteiger partial charge in [0, 0.05) is 24.2 Å². The fourth-order valence-electron chi connectivity index (χ4n) is 3.93. The summed E-state index contributed by atoms with van der Waals surface area (Å²) in [5.74, 6) is -1.20. The van der Waals surface area contributed by atoms with Gasteiger partial charge in [-0.1, -0.05) is 12.1 Å². The van der Waals surface area contributed by atoms with Gasteiger partial charge in [0.25, 0.3) is 5.91 Å². The van der Waals surface area contributed by atoms with Crippen LogP contribution in [0.3, 0.4) is 0 Å². The van der Waals surface area contributed by atoms with Gasteiger partial charge < -0.3 is 15.0 Å². The van der Waals surface area contributed by atoms with E-state index in [9.17, 15) is 14.4 Å². The normalized spacial score (nSPS) is 16.0. The summed E-state index contributed by atoms with van der Waals surface area (Å²) in [4.78, 5) is 44.1. The number of benzene rings is 1. The molecule has 4 rings (SSSR count). The van der Waals surface area contributed by atoms with Crippen LogP contribution in [-0.2, 0) is 14.3 Å². The molecule has 0 spiro atoms. The maximum atomic E-state index is 13.1. The second-order valence-corrected chi connectivity index (χ2v) is 8.19. The lowest BCUT2D eigenvalue weighted by molar-refractivity contribution is -0.122. The van der Waals surface area contributed by atoms with Gasteiger partial charge in [0.2, 0.25) is 5.91 Å². The van der Waals surface area contributed by atoms with Crippen molar-refractivity contribution < 1.29 is 19.1 Å². The Kier molecular flexibility index (Phi) is 5.65. The van der Waals surface area contributed by atoms with Crippen LogP contribution in [-0.4, -0.2) is 45.2 Å². The van der Waals surface area contributed by atoms with E-state index in [4.69, 9.17) is 4.74 Å². The van der Waals surface area contributed by atoms with E-state index < -0.39 is 18.5 Å². The van der Waals surface area contributed by atoms with Crippen molar-refractivity contribution in [1.29, 1.82) is 0 Å². The van der Waals surface area contributed by atoms with E-state index in [1.807, 2.05) is 13.8 Å². The largest absolute Gasteiger partial charge is 0.452 e. The summed E-state index contributed by atoms with van der Waals surface area (Å²) in [6.45, 7) is 7.09. The lowest BCUT2D eigenvalue weighted by Gasteiger charge is -2.27. The molecule has 1 aliphatic rings. The molecule has 1 N–H and O–H groups in total. The van der Waals surface area contributed by atoms with Gasteiger partial charge in [0.05, 0.1) is 28.5 Å². The highest BCUT2D eigenvalue weighted by molar-refractivity contribution is 6.06. The number of esters is 1. The molecule has 3 heterocycles. The van der Waals surface area contributed by atoms with Crippen LogP contribution in [0.4, 0.5) is 11.4 Å². The quantitative estimate of drug-likeness (QED) is 0.631. The smallest absolute Gasteiger partial charge is 0.339 e. The number of anilines is 2. The van der Waals surface area contributed by atoms with Crippen molar-refractivity contribution in [2.45, 2.75) is 46.2 Å². The topological polar surface area (TPSA) is 106 Å². The third kappa shape index (κ3) is 3.93. The van der Waals surface area contributed by atoms with Gasteiger partial charge in [0.15, 0.2) is 12.3 Å². The molecule has 0 fully saturated rings. The van der Waals surface area contributed by atoms with Crippen molar-refractivity contribution in [3.8, 4) is 0 Å². The lowest BCUT2D eigenvalue weighted by Crippen LogP contribution is -2.41. The number of aryl methyl sites for hydroxylation is 1. The molecule has 9 heteroatoms. The molecule has 1 aliphatic heterocycles. The first-order chi connectivity index (χ1) is 15.3. The standard InChI is InChI=1S/C23H25N5O4/c1-13(2)28-22-17(11-24-28)16(9-14(3)25-22)23(31)32-12-21(30)27-15(4)10-20(29)26-18-7-5-6-8-19(18)27/h5-9,11,13,15H,10,12H2,1-4H3,(H,26,29). The maximum Gasteiger partial charge on any atom is 0.339 e. The molecule has 9 nitrogen and oxygen atoms in total. The number of pyridine rings is 1. The molecular weight excluding hydrogens is 410 g/mol. The third-order valence-corrected chi connectivity index (χ3v) is 5.36. The molecule has 3 aromatic rings. The summed E-state index contributed by atoms with van der Waals surface area (Å²) in [6, 6.07) is 8.39. The Labute approximate surface area is 185 Å². The van der Waals surface area contributed by atoms with Crippen LogP contribution < -0.4 is 10.2 Å². The lowest BCUT2D eigenvalue weighted by atomic mass is 10.1. The van der Waals surface area contributed by atoms with Gasteiger partial charge >= 0.3 is 5.97 Å². The molecule has 1 atom stereocenters. The number of fused-ring (bicyclic) bond motifs is 2. The summed E-state index contributed by atoms with van der Waals surface area (Å²) in [5.41, 5.74) is 2.69. The SMILES string of the molecule is Cc1cc(C(=O)OCC(=O)N2c3ccccc3NC(=O)CC2C)c2cnn(C(C)C)c2n1. The molecule has 166 valence electrons. The van der Waals surface area contributed by atoms with Crippen LogP contribution in [0.25, 0.3) is 11.0 Å². The van der Waals surface area contributed by atoms with Crippen LogP contribution in [0.5, 0.6) is 0 Å². The van der Waals surface area contributed by atoms with Gasteiger partial charge in [-0.2, -0.15) is 5.10 Å². The van der Waals surface area contributed by atoms with Crippen molar-refractivity contribution in [3.63, 3.8) is 0 Å². The van der Waals surface area contributed by atoms with Crippen LogP contribution in [0.2, 0.25) is 0 Å². The first kappa shape index (κ1) is 21.5. The maximum absolute atomic E-state index is 13.1. The Bertz CT molecular complexity index is 1220. The number of ether oxygens (including phenoxy) is 1. The minimum atomic E-state index is -0.623. The van der Waals surface area contributed by atoms with Gasteiger partial charge in [-0.15, -0.1) is 0 Å². The van der Waals surface area contributed by atoms with Gasteiger partial charge in [-0.05, 0) is 45.9 Å². The van der Waals surface area contributed by atoms with Crippen LogP contribution in [0.1, 0.15) is 49.3 Å².